The molecule has 0 amide bonds. The Balaban J connectivity index is 1.92. The highest BCUT2D eigenvalue weighted by atomic mass is 19.1. The molecule has 3 unspecified atom stereocenters. The van der Waals surface area contributed by atoms with Crippen molar-refractivity contribution in [2.24, 2.45) is 23.2 Å². The van der Waals surface area contributed by atoms with Gasteiger partial charge in [-0.2, -0.15) is 0 Å². The summed E-state index contributed by atoms with van der Waals surface area (Å²) in [4.78, 5) is 0. The number of rotatable bonds is 2. The molecular formula is C13H21FO. The molecule has 0 aromatic rings. The number of alkyl halides is 1. The van der Waals surface area contributed by atoms with Crippen molar-refractivity contribution < 1.29 is 9.50 Å². The number of hydrogen-bond donors (Lipinski definition) is 1. The molecule has 0 aromatic carbocycles. The monoisotopic (exact) mass is 212 g/mol. The Bertz CT molecular complexity index is 262. The summed E-state index contributed by atoms with van der Waals surface area (Å²) in [7, 11) is 0. The van der Waals surface area contributed by atoms with Crippen LogP contribution < -0.4 is 0 Å². The quantitative estimate of drug-likeness (QED) is 0.746. The lowest BCUT2D eigenvalue weighted by molar-refractivity contribution is -0.149. The first-order chi connectivity index (χ1) is 7.05. The molecule has 15 heavy (non-hydrogen) atoms. The second-order valence-corrected chi connectivity index (χ2v) is 6.56. The molecule has 0 saturated heterocycles. The van der Waals surface area contributed by atoms with E-state index < -0.39 is 5.67 Å². The third-order valence-corrected chi connectivity index (χ3v) is 5.35. The summed E-state index contributed by atoms with van der Waals surface area (Å²) in [6.07, 6.45) is 5.96. The number of aliphatic hydroxyl groups is 1. The van der Waals surface area contributed by atoms with Crippen molar-refractivity contribution in [3.63, 3.8) is 0 Å². The lowest BCUT2D eigenvalue weighted by atomic mass is 9.46. The summed E-state index contributed by atoms with van der Waals surface area (Å²) in [5.41, 5.74) is -0.721. The van der Waals surface area contributed by atoms with Gasteiger partial charge in [0.25, 0.3) is 0 Å². The van der Waals surface area contributed by atoms with Crippen LogP contribution >= 0.6 is 0 Å². The van der Waals surface area contributed by atoms with Crippen LogP contribution in [0.1, 0.15) is 45.4 Å². The molecule has 1 N–H and O–H groups in total. The topological polar surface area (TPSA) is 20.2 Å². The van der Waals surface area contributed by atoms with Gasteiger partial charge in [0.15, 0.2) is 0 Å². The van der Waals surface area contributed by atoms with Gasteiger partial charge < -0.3 is 5.11 Å². The third kappa shape index (κ3) is 1.37. The highest BCUT2D eigenvalue weighted by Crippen LogP contribution is 2.65. The Hall–Kier alpha value is -0.110. The molecule has 4 aliphatic rings. The fourth-order valence-corrected chi connectivity index (χ4v) is 4.99. The molecule has 0 aromatic heterocycles. The van der Waals surface area contributed by atoms with Crippen LogP contribution in [0.4, 0.5) is 4.39 Å². The molecule has 1 nitrogen and oxygen atoms in total. The van der Waals surface area contributed by atoms with Crippen molar-refractivity contribution in [2.75, 3.05) is 6.61 Å². The minimum absolute atomic E-state index is 0.146. The van der Waals surface area contributed by atoms with Gasteiger partial charge in [-0.05, 0) is 61.7 Å². The Kier molecular flexibility index (Phi) is 1.99. The van der Waals surface area contributed by atoms with Crippen molar-refractivity contribution in [1.29, 1.82) is 0 Å². The zero-order valence-electron chi connectivity index (χ0n) is 9.51. The minimum Gasteiger partial charge on any atom is -0.396 e. The third-order valence-electron chi connectivity index (χ3n) is 5.35. The first-order valence-electron chi connectivity index (χ1n) is 6.35. The van der Waals surface area contributed by atoms with E-state index in [1.807, 2.05) is 0 Å². The van der Waals surface area contributed by atoms with Gasteiger partial charge in [-0.15, -0.1) is 0 Å². The normalized spacial score (nSPS) is 54.6. The van der Waals surface area contributed by atoms with Gasteiger partial charge in [-0.3, -0.25) is 0 Å². The van der Waals surface area contributed by atoms with E-state index in [4.69, 9.17) is 0 Å². The Morgan fingerprint density at radius 3 is 2.33 bits per heavy atom. The Morgan fingerprint density at radius 1 is 1.27 bits per heavy atom. The van der Waals surface area contributed by atoms with E-state index in [2.05, 4.69) is 6.92 Å². The number of aliphatic hydroxyl groups excluding tert-OH is 1. The highest BCUT2D eigenvalue weighted by molar-refractivity contribution is 5.09. The van der Waals surface area contributed by atoms with Crippen molar-refractivity contribution in [2.45, 2.75) is 51.1 Å². The molecule has 0 heterocycles. The summed E-state index contributed by atoms with van der Waals surface area (Å²) in [5, 5.41) is 9.36. The van der Waals surface area contributed by atoms with Crippen LogP contribution in [-0.4, -0.2) is 17.4 Å². The molecule has 3 atom stereocenters. The van der Waals surface area contributed by atoms with Gasteiger partial charge in [0.2, 0.25) is 0 Å². The maximum atomic E-state index is 14.5. The predicted octanol–water partition coefficient (Wildman–Crippen LogP) is 2.92. The van der Waals surface area contributed by atoms with Crippen LogP contribution in [0.2, 0.25) is 0 Å². The Labute approximate surface area is 91.1 Å². The van der Waals surface area contributed by atoms with Crippen LogP contribution in [0.15, 0.2) is 0 Å². The fraction of sp³-hybridized carbons (Fsp3) is 1.00. The van der Waals surface area contributed by atoms with E-state index in [1.165, 1.54) is 19.3 Å². The fourth-order valence-electron chi connectivity index (χ4n) is 4.99. The van der Waals surface area contributed by atoms with E-state index in [0.29, 0.717) is 17.8 Å². The lowest BCUT2D eigenvalue weighted by Crippen LogP contribution is -2.56. The molecule has 86 valence electrons. The predicted molar refractivity (Wildman–Crippen MR) is 57.2 cm³/mol. The molecular weight excluding hydrogens is 191 g/mol. The second kappa shape index (κ2) is 2.97. The molecule has 4 saturated carbocycles. The first-order valence-corrected chi connectivity index (χ1v) is 6.35. The smallest absolute Gasteiger partial charge is 0.112 e. The summed E-state index contributed by atoms with van der Waals surface area (Å²) in [6.45, 7) is 2.34. The van der Waals surface area contributed by atoms with Crippen LogP contribution in [0.5, 0.6) is 0 Å². The molecule has 0 aliphatic heterocycles. The van der Waals surface area contributed by atoms with Crippen LogP contribution in [0.3, 0.4) is 0 Å². The maximum Gasteiger partial charge on any atom is 0.112 e. The highest BCUT2D eigenvalue weighted by Gasteiger charge is 2.59. The minimum atomic E-state index is -0.868. The van der Waals surface area contributed by atoms with E-state index in [1.54, 1.807) is 0 Å². The molecule has 4 rings (SSSR count). The molecule has 2 heteroatoms. The van der Waals surface area contributed by atoms with E-state index >= 15 is 0 Å². The maximum absolute atomic E-state index is 14.5. The van der Waals surface area contributed by atoms with Gasteiger partial charge in [0, 0.05) is 6.61 Å². The molecule has 4 bridgehead atoms. The molecule has 4 aliphatic carbocycles. The largest absolute Gasteiger partial charge is 0.396 e. The average Bonchev–Trinajstić information content (AvgIpc) is 2.12. The van der Waals surface area contributed by atoms with Crippen molar-refractivity contribution >= 4 is 0 Å². The zero-order chi connectivity index (χ0) is 10.7. The van der Waals surface area contributed by atoms with Crippen molar-refractivity contribution in [3.8, 4) is 0 Å². The van der Waals surface area contributed by atoms with Crippen LogP contribution in [-0.2, 0) is 0 Å². The van der Waals surface area contributed by atoms with E-state index in [0.717, 1.165) is 19.3 Å². The lowest BCUT2D eigenvalue weighted by Gasteiger charge is -2.61. The van der Waals surface area contributed by atoms with Gasteiger partial charge in [0.05, 0.1) is 0 Å². The SMILES string of the molecule is CC(CO)C12CC3CC(CC(F)(C3)C1)C2. The standard InChI is InChI=1S/C13H21FO/c1-9(7-15)12-3-10-2-11(4-12)6-13(14,5-10)8-12/h9-11,15H,2-8H2,1H3. The van der Waals surface area contributed by atoms with Crippen molar-refractivity contribution in [3.05, 3.63) is 0 Å². The Morgan fingerprint density at radius 2 is 1.87 bits per heavy atom. The summed E-state index contributed by atoms with van der Waals surface area (Å²) >= 11 is 0. The van der Waals surface area contributed by atoms with Crippen LogP contribution in [0.25, 0.3) is 0 Å². The van der Waals surface area contributed by atoms with E-state index in [9.17, 15) is 9.50 Å². The first kappa shape index (κ1) is 10.1. The van der Waals surface area contributed by atoms with Gasteiger partial charge in [-0.25, -0.2) is 4.39 Å². The second-order valence-electron chi connectivity index (χ2n) is 6.56. The number of halogens is 1. The summed E-state index contributed by atoms with van der Waals surface area (Å²) < 4.78 is 14.5. The van der Waals surface area contributed by atoms with E-state index in [-0.39, 0.29) is 12.0 Å². The zero-order valence-corrected chi connectivity index (χ0v) is 9.51. The molecule has 0 radical (unpaired) electrons. The molecule has 4 fully saturated rings. The number of hydrogen-bond acceptors (Lipinski definition) is 1. The van der Waals surface area contributed by atoms with Crippen LogP contribution in [0, 0.1) is 23.2 Å². The van der Waals surface area contributed by atoms with Gasteiger partial charge >= 0.3 is 0 Å². The average molecular weight is 212 g/mol. The molecule has 0 spiro atoms. The van der Waals surface area contributed by atoms with Gasteiger partial charge in [0.1, 0.15) is 5.67 Å². The van der Waals surface area contributed by atoms with Gasteiger partial charge in [-0.1, -0.05) is 6.92 Å². The summed E-state index contributed by atoms with van der Waals surface area (Å²) in [5.74, 6) is 1.52. The summed E-state index contributed by atoms with van der Waals surface area (Å²) in [6, 6.07) is 0. The van der Waals surface area contributed by atoms with Crippen molar-refractivity contribution in [1.82, 2.24) is 0 Å².